The summed E-state index contributed by atoms with van der Waals surface area (Å²) in [6.07, 6.45) is 0.298. The van der Waals surface area contributed by atoms with Crippen LogP contribution in [0.4, 0.5) is 0 Å². The van der Waals surface area contributed by atoms with Gasteiger partial charge in [-0.2, -0.15) is 0 Å². The van der Waals surface area contributed by atoms with Crippen LogP contribution in [0.1, 0.15) is 30.6 Å². The molecule has 1 aromatic carbocycles. The quantitative estimate of drug-likeness (QED) is 0.668. The van der Waals surface area contributed by atoms with E-state index in [1.165, 1.54) is 12.1 Å². The van der Waals surface area contributed by atoms with Crippen molar-refractivity contribution in [1.29, 1.82) is 0 Å². The van der Waals surface area contributed by atoms with E-state index in [-0.39, 0.29) is 29.8 Å². The fraction of sp³-hybridized carbons (Fsp3) is 0.438. The highest BCUT2D eigenvalue weighted by atomic mass is 35.5. The largest absolute Gasteiger partial charge is 0.480 e. The molecule has 2 amide bonds. The summed E-state index contributed by atoms with van der Waals surface area (Å²) in [5, 5.41) is 14.1. The molecule has 0 fully saturated rings. The molecule has 3 N–H and O–H groups in total. The van der Waals surface area contributed by atoms with Crippen molar-refractivity contribution in [2.75, 3.05) is 13.3 Å². The minimum absolute atomic E-state index is 0.0228. The van der Waals surface area contributed by atoms with Crippen LogP contribution in [0.15, 0.2) is 12.1 Å². The van der Waals surface area contributed by atoms with E-state index in [2.05, 4.69) is 10.6 Å². The van der Waals surface area contributed by atoms with Crippen LogP contribution < -0.4 is 20.1 Å². The summed E-state index contributed by atoms with van der Waals surface area (Å²) in [6, 6.07) is 1.87. The zero-order valence-electron chi connectivity index (χ0n) is 13.8. The topological polar surface area (TPSA) is 114 Å². The Morgan fingerprint density at radius 3 is 2.64 bits per heavy atom. The number of rotatable bonds is 7. The maximum Gasteiger partial charge on any atom is 0.326 e. The molecule has 0 unspecified atom stereocenters. The van der Waals surface area contributed by atoms with Crippen molar-refractivity contribution in [2.45, 2.75) is 26.3 Å². The molecule has 0 aliphatic carbocycles. The predicted octanol–water partition coefficient (Wildman–Crippen LogP) is 1.41. The monoisotopic (exact) mass is 370 g/mol. The number of aliphatic carboxylic acids is 1. The second-order valence-corrected chi connectivity index (χ2v) is 6.37. The van der Waals surface area contributed by atoms with Gasteiger partial charge in [-0.15, -0.1) is 0 Å². The maximum atomic E-state index is 12.1. The number of benzene rings is 1. The first-order valence-corrected chi connectivity index (χ1v) is 8.05. The van der Waals surface area contributed by atoms with E-state index in [0.717, 1.165) is 0 Å². The van der Waals surface area contributed by atoms with Crippen molar-refractivity contribution in [3.63, 3.8) is 0 Å². The lowest BCUT2D eigenvalue weighted by Gasteiger charge is -2.16. The molecule has 1 aromatic rings. The number of carbonyl (C=O) groups excluding carboxylic acids is 2. The van der Waals surface area contributed by atoms with Crippen LogP contribution in [0.5, 0.6) is 11.5 Å². The van der Waals surface area contributed by atoms with Gasteiger partial charge in [-0.1, -0.05) is 25.4 Å². The molecule has 0 radical (unpaired) electrons. The lowest BCUT2D eigenvalue weighted by molar-refractivity contribution is -0.142. The number of carbonyl (C=O) groups is 3. The Hall–Kier alpha value is -2.48. The van der Waals surface area contributed by atoms with E-state index in [4.69, 9.17) is 26.2 Å². The smallest absolute Gasteiger partial charge is 0.326 e. The van der Waals surface area contributed by atoms with Gasteiger partial charge in [-0.3, -0.25) is 9.59 Å². The number of nitrogens with one attached hydrogen (secondary N) is 2. The molecule has 136 valence electrons. The Kier molecular flexibility index (Phi) is 6.08. The second-order valence-electron chi connectivity index (χ2n) is 5.96. The van der Waals surface area contributed by atoms with Crippen molar-refractivity contribution in [3.8, 4) is 11.5 Å². The van der Waals surface area contributed by atoms with Crippen molar-refractivity contribution in [1.82, 2.24) is 10.6 Å². The van der Waals surface area contributed by atoms with Gasteiger partial charge in [0.15, 0.2) is 11.5 Å². The SMILES string of the molecule is CC(C)C[C@H](NC(=O)CNC(=O)c1cc(Cl)c2c(c1)OCO2)C(=O)O. The van der Waals surface area contributed by atoms with Gasteiger partial charge in [-0.25, -0.2) is 4.79 Å². The van der Waals surface area contributed by atoms with Crippen LogP contribution in [0.3, 0.4) is 0 Å². The molecule has 0 aromatic heterocycles. The summed E-state index contributed by atoms with van der Waals surface area (Å²) < 4.78 is 10.3. The number of amides is 2. The number of hydrogen-bond donors (Lipinski definition) is 3. The molecule has 8 nitrogen and oxygen atoms in total. The van der Waals surface area contributed by atoms with Crippen molar-refractivity contribution >= 4 is 29.4 Å². The molecule has 25 heavy (non-hydrogen) atoms. The Morgan fingerprint density at radius 2 is 2.00 bits per heavy atom. The highest BCUT2D eigenvalue weighted by Gasteiger charge is 2.23. The summed E-state index contributed by atoms with van der Waals surface area (Å²) >= 11 is 6.00. The standard InChI is InChI=1S/C16H19ClN2O6/c1-8(2)3-11(16(22)23)19-13(20)6-18-15(21)9-4-10(17)14-12(5-9)24-7-25-14/h4-5,8,11H,3,6-7H2,1-2H3,(H,18,21)(H,19,20)(H,22,23)/t11-/m0/s1. The van der Waals surface area contributed by atoms with Crippen LogP contribution in [0, 0.1) is 5.92 Å². The Balaban J connectivity index is 1.92. The molecule has 1 atom stereocenters. The molecule has 0 spiro atoms. The first-order valence-electron chi connectivity index (χ1n) is 7.67. The van der Waals surface area contributed by atoms with Crippen LogP contribution >= 0.6 is 11.6 Å². The first-order chi connectivity index (χ1) is 11.8. The Labute approximate surface area is 149 Å². The number of hydrogen-bond acceptors (Lipinski definition) is 5. The number of halogens is 1. The van der Waals surface area contributed by atoms with E-state index < -0.39 is 23.8 Å². The first kappa shape index (κ1) is 18.9. The minimum atomic E-state index is -1.11. The highest BCUT2D eigenvalue weighted by molar-refractivity contribution is 6.32. The molecular formula is C16H19ClN2O6. The third-order valence-electron chi connectivity index (χ3n) is 3.44. The van der Waals surface area contributed by atoms with Crippen molar-refractivity contribution in [2.24, 2.45) is 5.92 Å². The molecule has 1 aliphatic rings. The van der Waals surface area contributed by atoms with Gasteiger partial charge >= 0.3 is 5.97 Å². The van der Waals surface area contributed by atoms with Crippen molar-refractivity contribution in [3.05, 3.63) is 22.7 Å². The zero-order chi connectivity index (χ0) is 18.6. The van der Waals surface area contributed by atoms with Gasteiger partial charge in [0.05, 0.1) is 11.6 Å². The molecular weight excluding hydrogens is 352 g/mol. The maximum absolute atomic E-state index is 12.1. The number of ether oxygens (including phenoxy) is 2. The van der Waals surface area contributed by atoms with Gasteiger partial charge in [-0.05, 0) is 24.5 Å². The van der Waals surface area contributed by atoms with E-state index in [0.29, 0.717) is 17.9 Å². The minimum Gasteiger partial charge on any atom is -0.480 e. The Morgan fingerprint density at radius 1 is 1.28 bits per heavy atom. The zero-order valence-corrected chi connectivity index (χ0v) is 14.6. The molecule has 1 heterocycles. The molecule has 2 rings (SSSR count). The Bertz CT molecular complexity index is 691. The summed E-state index contributed by atoms with van der Waals surface area (Å²) in [5.41, 5.74) is 0.207. The van der Waals surface area contributed by atoms with Gasteiger partial charge in [0.25, 0.3) is 5.91 Å². The van der Waals surface area contributed by atoms with Gasteiger partial charge in [0, 0.05) is 5.56 Å². The van der Waals surface area contributed by atoms with E-state index in [1.54, 1.807) is 0 Å². The average Bonchev–Trinajstić information content (AvgIpc) is 3.00. The molecule has 1 aliphatic heterocycles. The lowest BCUT2D eigenvalue weighted by atomic mass is 10.0. The van der Waals surface area contributed by atoms with Crippen molar-refractivity contribution < 1.29 is 29.0 Å². The predicted molar refractivity (Wildman–Crippen MR) is 88.9 cm³/mol. The number of carboxylic acid groups (broad SMARTS) is 1. The van der Waals surface area contributed by atoms with E-state index >= 15 is 0 Å². The van der Waals surface area contributed by atoms with E-state index in [9.17, 15) is 14.4 Å². The van der Waals surface area contributed by atoms with Crippen LogP contribution in [0.25, 0.3) is 0 Å². The number of carboxylic acids is 1. The molecule has 0 saturated carbocycles. The summed E-state index contributed by atoms with van der Waals surface area (Å²) in [6.45, 7) is 3.38. The van der Waals surface area contributed by atoms with Gasteiger partial charge in [0.2, 0.25) is 12.7 Å². The second kappa shape index (κ2) is 8.06. The highest BCUT2D eigenvalue weighted by Crippen LogP contribution is 2.39. The molecule has 0 bridgehead atoms. The van der Waals surface area contributed by atoms with Gasteiger partial charge in [0.1, 0.15) is 6.04 Å². The number of fused-ring (bicyclic) bond motifs is 1. The fourth-order valence-corrected chi connectivity index (χ4v) is 2.56. The van der Waals surface area contributed by atoms with Crippen LogP contribution in [-0.4, -0.2) is 42.3 Å². The van der Waals surface area contributed by atoms with Crippen LogP contribution in [0.2, 0.25) is 5.02 Å². The van der Waals surface area contributed by atoms with Gasteiger partial charge < -0.3 is 25.2 Å². The average molecular weight is 371 g/mol. The molecule has 0 saturated heterocycles. The fourth-order valence-electron chi connectivity index (χ4n) is 2.30. The summed E-state index contributed by atoms with van der Waals surface area (Å²) in [5.74, 6) is -1.42. The summed E-state index contributed by atoms with van der Waals surface area (Å²) in [7, 11) is 0. The lowest BCUT2D eigenvalue weighted by Crippen LogP contribution is -2.46. The normalized spacial score (nSPS) is 13.4. The van der Waals surface area contributed by atoms with Crippen LogP contribution in [-0.2, 0) is 9.59 Å². The third-order valence-corrected chi connectivity index (χ3v) is 3.72. The summed E-state index contributed by atoms with van der Waals surface area (Å²) in [4.78, 5) is 35.1. The third kappa shape index (κ3) is 4.99. The van der Waals surface area contributed by atoms with E-state index in [1.807, 2.05) is 13.8 Å². The molecule has 9 heteroatoms.